The maximum absolute atomic E-state index is 3.88. The lowest BCUT2D eigenvalue weighted by molar-refractivity contribution is 0.424. The van der Waals surface area contributed by atoms with Crippen molar-refractivity contribution in [1.29, 1.82) is 0 Å². The number of hydrogen-bond acceptors (Lipinski definition) is 2. The Morgan fingerprint density at radius 2 is 2.25 bits per heavy atom. The highest BCUT2D eigenvalue weighted by molar-refractivity contribution is 4.96. The van der Waals surface area contributed by atoms with Crippen LogP contribution in [0.5, 0.6) is 0 Å². The maximum atomic E-state index is 3.88. The zero-order valence-corrected chi connectivity index (χ0v) is 7.96. The third-order valence-corrected chi connectivity index (χ3v) is 2.17. The van der Waals surface area contributed by atoms with Crippen LogP contribution >= 0.6 is 0 Å². The first-order valence-electron chi connectivity index (χ1n) is 4.41. The summed E-state index contributed by atoms with van der Waals surface area (Å²) in [6.45, 7) is 7.50. The highest BCUT2D eigenvalue weighted by Crippen LogP contribution is 2.01. The molecule has 12 heavy (non-hydrogen) atoms. The molecule has 0 aromatic carbocycles. The molecule has 1 atom stereocenters. The van der Waals surface area contributed by atoms with E-state index in [9.17, 15) is 0 Å². The minimum absolute atomic E-state index is 0.549. The molecule has 0 aliphatic heterocycles. The summed E-state index contributed by atoms with van der Waals surface area (Å²) in [5.41, 5.74) is 1.14. The number of nitrogens with zero attached hydrogens (tertiary/aromatic N) is 1. The third kappa shape index (κ3) is 2.66. The van der Waals surface area contributed by atoms with Gasteiger partial charge in [-0.25, -0.2) is 0 Å². The van der Waals surface area contributed by atoms with E-state index in [2.05, 4.69) is 36.3 Å². The molecule has 0 aliphatic rings. The first kappa shape index (κ1) is 9.26. The molecule has 0 aliphatic carbocycles. The van der Waals surface area contributed by atoms with Gasteiger partial charge in [-0.05, 0) is 18.9 Å². The lowest BCUT2D eigenvalue weighted by Gasteiger charge is -2.16. The fourth-order valence-electron chi connectivity index (χ4n) is 0.890. The van der Waals surface area contributed by atoms with Gasteiger partial charge in [0.2, 0.25) is 0 Å². The van der Waals surface area contributed by atoms with E-state index in [1.807, 2.05) is 6.07 Å². The Morgan fingerprint density at radius 1 is 1.50 bits per heavy atom. The smallest absolute Gasteiger partial charge is 0.0490 e. The number of rotatable bonds is 4. The molecule has 2 N–H and O–H groups in total. The summed E-state index contributed by atoms with van der Waals surface area (Å²) < 4.78 is 0. The second-order valence-corrected chi connectivity index (χ2v) is 3.50. The molecule has 3 nitrogen and oxygen atoms in total. The van der Waals surface area contributed by atoms with Gasteiger partial charge in [0.25, 0.3) is 0 Å². The van der Waals surface area contributed by atoms with Crippen molar-refractivity contribution in [3.05, 3.63) is 18.0 Å². The quantitative estimate of drug-likeness (QED) is 0.714. The van der Waals surface area contributed by atoms with Gasteiger partial charge in [0.1, 0.15) is 0 Å². The van der Waals surface area contributed by atoms with E-state index in [4.69, 9.17) is 0 Å². The first-order valence-corrected chi connectivity index (χ1v) is 4.41. The Labute approximate surface area is 73.6 Å². The zero-order valence-electron chi connectivity index (χ0n) is 7.96. The van der Waals surface area contributed by atoms with E-state index in [1.54, 1.807) is 6.20 Å². The van der Waals surface area contributed by atoms with Crippen LogP contribution in [0.3, 0.4) is 0 Å². The van der Waals surface area contributed by atoms with E-state index in [1.165, 1.54) is 0 Å². The Morgan fingerprint density at radius 3 is 2.75 bits per heavy atom. The second kappa shape index (κ2) is 4.26. The molecule has 0 amide bonds. The third-order valence-electron chi connectivity index (χ3n) is 2.17. The highest BCUT2D eigenvalue weighted by atomic mass is 15.1. The Kier molecular flexibility index (Phi) is 3.29. The Hall–Kier alpha value is -0.830. The lowest BCUT2D eigenvalue weighted by atomic mass is 10.1. The number of nitrogens with one attached hydrogen (secondary N) is 2. The minimum atomic E-state index is 0.549. The summed E-state index contributed by atoms with van der Waals surface area (Å²) in [5, 5.41) is 10.2. The number of aromatic nitrogens is 2. The number of H-pyrrole nitrogens is 1. The van der Waals surface area contributed by atoms with Gasteiger partial charge in [0, 0.05) is 24.5 Å². The zero-order chi connectivity index (χ0) is 8.97. The molecule has 0 bridgehead atoms. The molecule has 0 spiro atoms. The van der Waals surface area contributed by atoms with Crippen LogP contribution in [0, 0.1) is 5.92 Å². The SMILES string of the molecule is CC(C)C(C)NCc1ccn[nH]1. The van der Waals surface area contributed by atoms with Crippen molar-refractivity contribution in [2.45, 2.75) is 33.4 Å². The molecule has 1 aromatic rings. The van der Waals surface area contributed by atoms with Gasteiger partial charge >= 0.3 is 0 Å². The van der Waals surface area contributed by atoms with Gasteiger partial charge in [-0.2, -0.15) is 5.10 Å². The molecular formula is C9H17N3. The van der Waals surface area contributed by atoms with Crippen molar-refractivity contribution in [2.24, 2.45) is 5.92 Å². The molecule has 1 aromatic heterocycles. The van der Waals surface area contributed by atoms with Crippen molar-refractivity contribution < 1.29 is 0 Å². The lowest BCUT2D eigenvalue weighted by Crippen LogP contribution is -2.30. The van der Waals surface area contributed by atoms with E-state index in [-0.39, 0.29) is 0 Å². The fourth-order valence-corrected chi connectivity index (χ4v) is 0.890. The van der Waals surface area contributed by atoms with E-state index in [0.717, 1.165) is 12.2 Å². The van der Waals surface area contributed by atoms with E-state index < -0.39 is 0 Å². The summed E-state index contributed by atoms with van der Waals surface area (Å²) in [5.74, 6) is 0.674. The summed E-state index contributed by atoms with van der Waals surface area (Å²) >= 11 is 0. The van der Waals surface area contributed by atoms with Crippen molar-refractivity contribution >= 4 is 0 Å². The van der Waals surface area contributed by atoms with Gasteiger partial charge in [0.15, 0.2) is 0 Å². The van der Waals surface area contributed by atoms with Gasteiger partial charge in [-0.15, -0.1) is 0 Å². The van der Waals surface area contributed by atoms with E-state index in [0.29, 0.717) is 12.0 Å². The maximum Gasteiger partial charge on any atom is 0.0490 e. The molecule has 1 unspecified atom stereocenters. The minimum Gasteiger partial charge on any atom is -0.308 e. The molecule has 3 heteroatoms. The van der Waals surface area contributed by atoms with E-state index >= 15 is 0 Å². The van der Waals surface area contributed by atoms with Crippen LogP contribution in [0.25, 0.3) is 0 Å². The van der Waals surface area contributed by atoms with Crippen molar-refractivity contribution in [1.82, 2.24) is 15.5 Å². The van der Waals surface area contributed by atoms with Crippen LogP contribution in [0.15, 0.2) is 12.3 Å². The van der Waals surface area contributed by atoms with Crippen LogP contribution in [-0.4, -0.2) is 16.2 Å². The standard InChI is InChI=1S/C9H17N3/c1-7(2)8(3)10-6-9-4-5-11-12-9/h4-5,7-8,10H,6H2,1-3H3,(H,11,12). The largest absolute Gasteiger partial charge is 0.308 e. The average Bonchev–Trinajstić information content (AvgIpc) is 2.51. The van der Waals surface area contributed by atoms with Gasteiger partial charge < -0.3 is 5.32 Å². The second-order valence-electron chi connectivity index (χ2n) is 3.50. The Balaban J connectivity index is 2.27. The molecule has 0 saturated heterocycles. The van der Waals surface area contributed by atoms with Crippen LogP contribution < -0.4 is 5.32 Å². The molecule has 0 fully saturated rings. The summed E-state index contributed by atoms with van der Waals surface area (Å²) in [6, 6.07) is 2.54. The molecule has 68 valence electrons. The summed E-state index contributed by atoms with van der Waals surface area (Å²) in [6.07, 6.45) is 1.77. The Bertz CT molecular complexity index is 204. The molecule has 0 radical (unpaired) electrons. The molecular weight excluding hydrogens is 150 g/mol. The summed E-state index contributed by atoms with van der Waals surface area (Å²) in [4.78, 5) is 0. The fraction of sp³-hybridized carbons (Fsp3) is 0.667. The average molecular weight is 167 g/mol. The molecule has 0 saturated carbocycles. The number of hydrogen-bond donors (Lipinski definition) is 2. The topological polar surface area (TPSA) is 40.7 Å². The first-order chi connectivity index (χ1) is 5.70. The van der Waals surface area contributed by atoms with Crippen LogP contribution in [0.2, 0.25) is 0 Å². The van der Waals surface area contributed by atoms with Crippen LogP contribution in [-0.2, 0) is 6.54 Å². The van der Waals surface area contributed by atoms with Gasteiger partial charge in [-0.1, -0.05) is 13.8 Å². The highest BCUT2D eigenvalue weighted by Gasteiger charge is 2.05. The van der Waals surface area contributed by atoms with Crippen molar-refractivity contribution in [3.63, 3.8) is 0 Å². The van der Waals surface area contributed by atoms with Crippen molar-refractivity contribution in [3.8, 4) is 0 Å². The summed E-state index contributed by atoms with van der Waals surface area (Å²) in [7, 11) is 0. The van der Waals surface area contributed by atoms with Gasteiger partial charge in [-0.3, -0.25) is 5.10 Å². The predicted octanol–water partition coefficient (Wildman–Crippen LogP) is 1.54. The number of aromatic amines is 1. The predicted molar refractivity (Wildman–Crippen MR) is 49.7 cm³/mol. The van der Waals surface area contributed by atoms with Crippen LogP contribution in [0.4, 0.5) is 0 Å². The van der Waals surface area contributed by atoms with Crippen molar-refractivity contribution in [2.75, 3.05) is 0 Å². The molecule has 1 rings (SSSR count). The van der Waals surface area contributed by atoms with Crippen LogP contribution in [0.1, 0.15) is 26.5 Å². The van der Waals surface area contributed by atoms with Gasteiger partial charge in [0.05, 0.1) is 0 Å². The molecule has 1 heterocycles. The monoisotopic (exact) mass is 167 g/mol. The normalized spacial score (nSPS) is 13.7.